The highest BCUT2D eigenvalue weighted by Crippen LogP contribution is 2.14. The molecule has 0 amide bonds. The quantitative estimate of drug-likeness (QED) is 0.317. The van der Waals surface area contributed by atoms with E-state index < -0.39 is 42.8 Å². The third-order valence-electron chi connectivity index (χ3n) is 2.49. The fraction of sp³-hybridized carbons (Fsp3) is 0.875. The summed E-state index contributed by atoms with van der Waals surface area (Å²) in [6.07, 6.45) is -6.08. The molecule has 0 saturated carbocycles. The smallest absolute Gasteiger partial charge is 0.305 e. The molecular formula is C8H16ClNO6. The van der Waals surface area contributed by atoms with E-state index in [0.717, 1.165) is 0 Å². The van der Waals surface area contributed by atoms with Crippen molar-refractivity contribution in [1.82, 2.24) is 5.32 Å². The van der Waals surface area contributed by atoms with Gasteiger partial charge in [-0.15, -0.1) is 12.4 Å². The van der Waals surface area contributed by atoms with Crippen LogP contribution in [0.1, 0.15) is 6.42 Å². The monoisotopic (exact) mass is 257 g/mol. The van der Waals surface area contributed by atoms with Crippen LogP contribution in [-0.2, 0) is 4.79 Å². The van der Waals surface area contributed by atoms with Crippen LogP contribution in [0.3, 0.4) is 0 Å². The second kappa shape index (κ2) is 6.33. The second-order valence-electron chi connectivity index (χ2n) is 3.65. The zero-order valence-electron chi connectivity index (χ0n) is 8.35. The van der Waals surface area contributed by atoms with Gasteiger partial charge in [0, 0.05) is 12.6 Å². The normalized spacial score (nSPS) is 39.6. The topological polar surface area (TPSA) is 130 Å². The van der Waals surface area contributed by atoms with Gasteiger partial charge in [-0.1, -0.05) is 0 Å². The maximum atomic E-state index is 10.4. The number of β-amino-alcohol motifs (C(OH)–C–C–N with tert-alkyl or cyclic N) is 1. The second-order valence-corrected chi connectivity index (χ2v) is 3.65. The van der Waals surface area contributed by atoms with Gasteiger partial charge in [0.1, 0.15) is 12.2 Å². The molecule has 16 heavy (non-hydrogen) atoms. The number of hydrogen-bond acceptors (Lipinski definition) is 6. The molecule has 5 atom stereocenters. The third-order valence-corrected chi connectivity index (χ3v) is 2.49. The molecule has 0 radical (unpaired) electrons. The predicted octanol–water partition coefficient (Wildman–Crippen LogP) is -2.70. The molecule has 1 saturated heterocycles. The summed E-state index contributed by atoms with van der Waals surface area (Å²) in [5.41, 5.74) is 0. The van der Waals surface area contributed by atoms with Crippen molar-refractivity contribution in [3.8, 4) is 0 Å². The maximum absolute atomic E-state index is 10.4. The summed E-state index contributed by atoms with van der Waals surface area (Å²) in [6.45, 7) is -0.0762. The van der Waals surface area contributed by atoms with Crippen molar-refractivity contribution < 1.29 is 30.3 Å². The van der Waals surface area contributed by atoms with E-state index >= 15 is 0 Å². The Morgan fingerprint density at radius 1 is 1.12 bits per heavy atom. The van der Waals surface area contributed by atoms with Crippen LogP contribution in [0.2, 0.25) is 0 Å². The van der Waals surface area contributed by atoms with Gasteiger partial charge in [-0.2, -0.15) is 0 Å². The standard InChI is InChI=1S/C8H15NO6.ClH/c10-4-2-9-3(1-5(11)12)6(13)8(15)7(4)14;/h3-4,6-10,13-15H,1-2H2,(H,11,12);1H/t3-,4-,6+,7+,8-;/m1./s1. The molecule has 0 spiro atoms. The van der Waals surface area contributed by atoms with E-state index in [0.29, 0.717) is 0 Å². The van der Waals surface area contributed by atoms with Gasteiger partial charge in [0.25, 0.3) is 0 Å². The fourth-order valence-electron chi connectivity index (χ4n) is 1.56. The van der Waals surface area contributed by atoms with E-state index in [1.165, 1.54) is 0 Å². The summed E-state index contributed by atoms with van der Waals surface area (Å²) in [4.78, 5) is 10.4. The van der Waals surface area contributed by atoms with E-state index in [9.17, 15) is 25.2 Å². The van der Waals surface area contributed by atoms with Crippen molar-refractivity contribution in [3.05, 3.63) is 0 Å². The van der Waals surface area contributed by atoms with Crippen LogP contribution in [0.4, 0.5) is 0 Å². The molecule has 0 bridgehead atoms. The zero-order chi connectivity index (χ0) is 11.6. The average molecular weight is 258 g/mol. The van der Waals surface area contributed by atoms with Crippen LogP contribution in [-0.4, -0.2) is 68.5 Å². The molecule has 1 rings (SSSR count). The first kappa shape index (κ1) is 15.6. The third kappa shape index (κ3) is 3.55. The zero-order valence-corrected chi connectivity index (χ0v) is 9.17. The Labute approximate surface area is 98.1 Å². The molecule has 0 aromatic heterocycles. The maximum Gasteiger partial charge on any atom is 0.305 e. The van der Waals surface area contributed by atoms with Crippen molar-refractivity contribution >= 4 is 18.4 Å². The number of carboxylic acid groups (broad SMARTS) is 1. The molecule has 1 aliphatic rings. The van der Waals surface area contributed by atoms with Crippen LogP contribution in [0.15, 0.2) is 0 Å². The Bertz CT molecular complexity index is 241. The molecule has 6 N–H and O–H groups in total. The van der Waals surface area contributed by atoms with Crippen molar-refractivity contribution in [1.29, 1.82) is 0 Å². The SMILES string of the molecule is Cl.O=C(O)C[C@H]1NC[C@@H](O)[C@H](O)[C@H](O)[C@H]1O. The first-order valence-electron chi connectivity index (χ1n) is 4.61. The number of aliphatic hydroxyl groups excluding tert-OH is 4. The van der Waals surface area contributed by atoms with Crippen LogP contribution >= 0.6 is 12.4 Å². The van der Waals surface area contributed by atoms with Gasteiger partial charge in [0.15, 0.2) is 0 Å². The minimum Gasteiger partial charge on any atom is -0.481 e. The first-order chi connectivity index (χ1) is 6.93. The Morgan fingerprint density at radius 3 is 2.19 bits per heavy atom. The van der Waals surface area contributed by atoms with E-state index in [4.69, 9.17) is 5.11 Å². The summed E-state index contributed by atoms with van der Waals surface area (Å²) in [5.74, 6) is -1.13. The lowest BCUT2D eigenvalue weighted by Gasteiger charge is -2.25. The van der Waals surface area contributed by atoms with Gasteiger partial charge in [0.2, 0.25) is 0 Å². The Hall–Kier alpha value is -0.440. The molecule has 96 valence electrons. The van der Waals surface area contributed by atoms with E-state index in [2.05, 4.69) is 5.32 Å². The van der Waals surface area contributed by atoms with Gasteiger partial charge >= 0.3 is 5.97 Å². The van der Waals surface area contributed by atoms with Crippen molar-refractivity contribution in [3.63, 3.8) is 0 Å². The minimum atomic E-state index is -1.56. The molecular weight excluding hydrogens is 242 g/mol. The van der Waals surface area contributed by atoms with Crippen molar-refractivity contribution in [2.45, 2.75) is 36.9 Å². The molecule has 0 aliphatic carbocycles. The number of rotatable bonds is 2. The molecule has 1 fully saturated rings. The largest absolute Gasteiger partial charge is 0.481 e. The number of aliphatic carboxylic acids is 1. The minimum absolute atomic E-state index is 0. The Balaban J connectivity index is 0.00000225. The van der Waals surface area contributed by atoms with Gasteiger partial charge in [0.05, 0.1) is 18.6 Å². The lowest BCUT2D eigenvalue weighted by molar-refractivity contribution is -0.139. The van der Waals surface area contributed by atoms with Gasteiger partial charge < -0.3 is 30.8 Å². The lowest BCUT2D eigenvalue weighted by atomic mass is 9.99. The van der Waals surface area contributed by atoms with Crippen LogP contribution in [0.25, 0.3) is 0 Å². The number of carbonyl (C=O) groups is 1. The molecule has 7 nitrogen and oxygen atoms in total. The number of hydrogen-bond donors (Lipinski definition) is 6. The number of aliphatic hydroxyl groups is 4. The average Bonchev–Trinajstić information content (AvgIpc) is 2.25. The lowest BCUT2D eigenvalue weighted by Crippen LogP contribution is -2.48. The molecule has 8 heteroatoms. The number of halogens is 1. The van der Waals surface area contributed by atoms with Crippen LogP contribution < -0.4 is 5.32 Å². The summed E-state index contributed by atoms with van der Waals surface area (Å²) in [7, 11) is 0. The summed E-state index contributed by atoms with van der Waals surface area (Å²) in [6, 6.07) is -0.885. The van der Waals surface area contributed by atoms with Crippen LogP contribution in [0.5, 0.6) is 0 Å². The Morgan fingerprint density at radius 2 is 1.69 bits per heavy atom. The number of nitrogens with one attached hydrogen (secondary N) is 1. The van der Waals surface area contributed by atoms with E-state index in [1.54, 1.807) is 0 Å². The van der Waals surface area contributed by atoms with Crippen molar-refractivity contribution in [2.75, 3.05) is 6.54 Å². The molecule has 1 aliphatic heterocycles. The highest BCUT2D eigenvalue weighted by Gasteiger charge is 2.39. The van der Waals surface area contributed by atoms with E-state index in [1.807, 2.05) is 0 Å². The van der Waals surface area contributed by atoms with Gasteiger partial charge in [-0.25, -0.2) is 0 Å². The fourth-order valence-corrected chi connectivity index (χ4v) is 1.56. The van der Waals surface area contributed by atoms with Crippen molar-refractivity contribution in [2.24, 2.45) is 0 Å². The summed E-state index contributed by atoms with van der Waals surface area (Å²) in [5, 5.41) is 48.6. The van der Waals surface area contributed by atoms with Crippen LogP contribution in [0, 0.1) is 0 Å². The molecule has 0 unspecified atom stereocenters. The molecule has 1 heterocycles. The van der Waals surface area contributed by atoms with E-state index in [-0.39, 0.29) is 19.0 Å². The summed E-state index contributed by atoms with van der Waals surface area (Å²) < 4.78 is 0. The predicted molar refractivity (Wildman–Crippen MR) is 55.3 cm³/mol. The molecule has 0 aromatic rings. The highest BCUT2D eigenvalue weighted by atomic mass is 35.5. The number of carboxylic acids is 1. The van der Waals surface area contributed by atoms with Gasteiger partial charge in [-0.3, -0.25) is 4.79 Å². The Kier molecular flexibility index (Phi) is 6.16. The highest BCUT2D eigenvalue weighted by molar-refractivity contribution is 5.85. The first-order valence-corrected chi connectivity index (χ1v) is 4.61. The van der Waals surface area contributed by atoms with Gasteiger partial charge in [-0.05, 0) is 0 Å². The molecule has 0 aromatic carbocycles. The summed E-state index contributed by atoms with van der Waals surface area (Å²) >= 11 is 0.